The summed E-state index contributed by atoms with van der Waals surface area (Å²) in [6.45, 7) is 8.01. The Bertz CT molecular complexity index is 598. The first-order valence-electron chi connectivity index (χ1n) is 7.21. The molecule has 0 amide bonds. The molecule has 0 spiro atoms. The monoisotopic (exact) mass is 302 g/mol. The molecule has 1 aliphatic rings. The van der Waals surface area contributed by atoms with Crippen molar-refractivity contribution in [1.82, 2.24) is 10.3 Å². The van der Waals surface area contributed by atoms with Crippen LogP contribution in [-0.4, -0.2) is 36.6 Å². The molecule has 0 aliphatic carbocycles. The zero-order chi connectivity index (χ0) is 16.5. The Hall–Kier alpha value is -1.86. The molecule has 1 aromatic heterocycles. The molecule has 6 nitrogen and oxygen atoms in total. The van der Waals surface area contributed by atoms with E-state index in [1.165, 1.54) is 6.21 Å². The first-order valence-corrected chi connectivity index (χ1v) is 7.21. The Balaban J connectivity index is 2.39. The van der Waals surface area contributed by atoms with Gasteiger partial charge in [-0.3, -0.25) is 0 Å². The van der Waals surface area contributed by atoms with Crippen LogP contribution in [-0.2, 0) is 9.31 Å². The number of nitrogen functional groups attached to an aromatic ring is 1. The summed E-state index contributed by atoms with van der Waals surface area (Å²) in [5.41, 5.74) is 7.22. The molecule has 0 atom stereocenters. The summed E-state index contributed by atoms with van der Waals surface area (Å²) in [6, 6.07) is 1.86. The van der Waals surface area contributed by atoms with Crippen molar-refractivity contribution in [1.29, 1.82) is 5.41 Å². The summed E-state index contributed by atoms with van der Waals surface area (Å²) in [7, 11) is 1.27. The minimum absolute atomic E-state index is 0.366. The lowest BCUT2D eigenvalue weighted by atomic mass is 9.79. The fourth-order valence-electron chi connectivity index (χ4n) is 2.18. The number of hydrogen-bond donors (Lipinski definition) is 3. The van der Waals surface area contributed by atoms with Crippen molar-refractivity contribution in [3.8, 4) is 0 Å². The Labute approximate surface area is 131 Å². The van der Waals surface area contributed by atoms with Crippen LogP contribution in [0.25, 0.3) is 5.57 Å². The van der Waals surface area contributed by atoms with Gasteiger partial charge in [0.05, 0.1) is 11.2 Å². The average molecular weight is 302 g/mol. The van der Waals surface area contributed by atoms with Crippen LogP contribution in [0.1, 0.15) is 33.3 Å². The highest BCUT2D eigenvalue weighted by Crippen LogP contribution is 2.36. The van der Waals surface area contributed by atoms with E-state index in [2.05, 4.69) is 10.3 Å². The van der Waals surface area contributed by atoms with Gasteiger partial charge in [0.25, 0.3) is 0 Å². The largest absolute Gasteiger partial charge is 0.496 e. The molecule has 22 heavy (non-hydrogen) atoms. The maximum atomic E-state index is 7.52. The Morgan fingerprint density at radius 2 is 1.91 bits per heavy atom. The average Bonchev–Trinajstić information content (AvgIpc) is 2.66. The van der Waals surface area contributed by atoms with E-state index in [4.69, 9.17) is 20.5 Å². The van der Waals surface area contributed by atoms with Gasteiger partial charge < -0.3 is 25.8 Å². The molecule has 2 rings (SSSR count). The zero-order valence-corrected chi connectivity index (χ0v) is 13.7. The lowest BCUT2D eigenvalue weighted by Gasteiger charge is -2.32. The zero-order valence-electron chi connectivity index (χ0n) is 13.7. The highest BCUT2D eigenvalue weighted by Gasteiger charge is 2.51. The van der Waals surface area contributed by atoms with E-state index in [1.807, 2.05) is 33.8 Å². The van der Waals surface area contributed by atoms with Crippen molar-refractivity contribution < 1.29 is 9.31 Å². The van der Waals surface area contributed by atoms with Crippen molar-refractivity contribution in [2.24, 2.45) is 0 Å². The van der Waals surface area contributed by atoms with E-state index in [9.17, 15) is 0 Å². The smallest absolute Gasteiger partial charge is 0.399 e. The van der Waals surface area contributed by atoms with Gasteiger partial charge in [0, 0.05) is 42.3 Å². The van der Waals surface area contributed by atoms with Crippen LogP contribution in [0.3, 0.4) is 0 Å². The molecular formula is C15H23BN4O2. The maximum Gasteiger partial charge on any atom is 0.496 e. The second-order valence-corrected chi connectivity index (χ2v) is 6.32. The van der Waals surface area contributed by atoms with E-state index < -0.39 is 18.3 Å². The molecule has 7 heteroatoms. The molecule has 1 aliphatic heterocycles. The van der Waals surface area contributed by atoms with Crippen LogP contribution >= 0.6 is 0 Å². The van der Waals surface area contributed by atoms with E-state index in [0.29, 0.717) is 17.0 Å². The first kappa shape index (κ1) is 16.5. The van der Waals surface area contributed by atoms with Crippen LogP contribution in [0, 0.1) is 5.41 Å². The van der Waals surface area contributed by atoms with Crippen LogP contribution in [0.15, 0.2) is 18.5 Å². The van der Waals surface area contributed by atoms with Crippen molar-refractivity contribution in [2.45, 2.75) is 38.9 Å². The number of nitrogens with two attached hydrogens (primary N) is 1. The van der Waals surface area contributed by atoms with Crippen LogP contribution in [0.4, 0.5) is 5.82 Å². The molecule has 0 bridgehead atoms. The lowest BCUT2D eigenvalue weighted by Crippen LogP contribution is -2.41. The molecule has 1 saturated heterocycles. The fourth-order valence-corrected chi connectivity index (χ4v) is 2.18. The quantitative estimate of drug-likeness (QED) is 0.573. The number of rotatable bonds is 4. The molecule has 0 saturated carbocycles. The highest BCUT2D eigenvalue weighted by atomic mass is 16.7. The van der Waals surface area contributed by atoms with Crippen molar-refractivity contribution in [3.05, 3.63) is 24.0 Å². The molecule has 0 aromatic carbocycles. The predicted octanol–water partition coefficient (Wildman–Crippen LogP) is 1.17. The first-order chi connectivity index (χ1) is 10.2. The standard InChI is InChI=1S/C15H23BN4O2/c1-14(2)15(3,4)22-16(21-14)11-6-12(13(18)20-9-11)10(7-17)8-19-5/h6-9,17,19H,1-5H3,(H2,18,20)/b10-8+,17-7?. The van der Waals surface area contributed by atoms with Gasteiger partial charge in [0.2, 0.25) is 0 Å². The predicted molar refractivity (Wildman–Crippen MR) is 90.2 cm³/mol. The third kappa shape index (κ3) is 2.87. The Kier molecular flexibility index (Phi) is 4.31. The molecule has 118 valence electrons. The molecule has 0 radical (unpaired) electrons. The van der Waals surface area contributed by atoms with Crippen LogP contribution < -0.4 is 16.5 Å². The van der Waals surface area contributed by atoms with E-state index in [0.717, 1.165) is 5.46 Å². The summed E-state index contributed by atoms with van der Waals surface area (Å²) in [4.78, 5) is 4.22. The maximum absolute atomic E-state index is 7.52. The summed E-state index contributed by atoms with van der Waals surface area (Å²) in [5.74, 6) is 0.366. The van der Waals surface area contributed by atoms with Gasteiger partial charge in [-0.05, 0) is 33.8 Å². The third-order valence-corrected chi connectivity index (χ3v) is 4.23. The topological polar surface area (TPSA) is 93.2 Å². The minimum Gasteiger partial charge on any atom is -0.399 e. The summed E-state index contributed by atoms with van der Waals surface area (Å²) >= 11 is 0. The second kappa shape index (κ2) is 5.74. The molecule has 4 N–H and O–H groups in total. The van der Waals surface area contributed by atoms with Crippen molar-refractivity contribution in [3.63, 3.8) is 0 Å². The lowest BCUT2D eigenvalue weighted by molar-refractivity contribution is 0.00578. The van der Waals surface area contributed by atoms with Gasteiger partial charge in [0.1, 0.15) is 5.82 Å². The van der Waals surface area contributed by atoms with Gasteiger partial charge in [0.15, 0.2) is 0 Å². The second-order valence-electron chi connectivity index (χ2n) is 6.32. The number of pyridine rings is 1. The molecule has 1 fully saturated rings. The third-order valence-electron chi connectivity index (χ3n) is 4.23. The van der Waals surface area contributed by atoms with Crippen molar-refractivity contribution >= 4 is 30.2 Å². The molecular weight excluding hydrogens is 279 g/mol. The highest BCUT2D eigenvalue weighted by molar-refractivity contribution is 6.62. The fraction of sp³-hybridized carbons (Fsp3) is 0.467. The summed E-state index contributed by atoms with van der Waals surface area (Å²) in [6.07, 6.45) is 4.59. The number of allylic oxidation sites excluding steroid dienone is 1. The Morgan fingerprint density at radius 1 is 1.32 bits per heavy atom. The minimum atomic E-state index is -0.501. The molecule has 2 heterocycles. The number of anilines is 1. The number of nitrogens with zero attached hydrogens (tertiary/aromatic N) is 1. The van der Waals surface area contributed by atoms with Gasteiger partial charge in [-0.2, -0.15) is 0 Å². The normalized spacial score (nSPS) is 20.0. The number of aromatic nitrogens is 1. The Morgan fingerprint density at radius 3 is 2.41 bits per heavy atom. The SMILES string of the molecule is CN/C=C(\C=N)c1cc(B2OC(C)(C)C(C)(C)O2)cnc1N. The molecule has 1 aromatic rings. The van der Waals surface area contributed by atoms with E-state index in [1.54, 1.807) is 19.4 Å². The summed E-state index contributed by atoms with van der Waals surface area (Å²) < 4.78 is 12.0. The van der Waals surface area contributed by atoms with E-state index in [-0.39, 0.29) is 0 Å². The van der Waals surface area contributed by atoms with Gasteiger partial charge in [-0.25, -0.2) is 4.98 Å². The van der Waals surface area contributed by atoms with Gasteiger partial charge in [-0.1, -0.05) is 0 Å². The summed E-state index contributed by atoms with van der Waals surface area (Å²) in [5, 5.41) is 10.4. The van der Waals surface area contributed by atoms with Crippen molar-refractivity contribution in [2.75, 3.05) is 12.8 Å². The van der Waals surface area contributed by atoms with E-state index >= 15 is 0 Å². The molecule has 0 unspecified atom stereocenters. The van der Waals surface area contributed by atoms with Crippen LogP contribution in [0.5, 0.6) is 0 Å². The van der Waals surface area contributed by atoms with Crippen LogP contribution in [0.2, 0.25) is 0 Å². The van der Waals surface area contributed by atoms with Gasteiger partial charge in [-0.15, -0.1) is 0 Å². The number of nitrogens with one attached hydrogen (secondary N) is 2. The number of hydrogen-bond acceptors (Lipinski definition) is 6. The van der Waals surface area contributed by atoms with Gasteiger partial charge >= 0.3 is 7.12 Å².